The van der Waals surface area contributed by atoms with Gasteiger partial charge in [0, 0.05) is 16.0 Å². The number of carbonyl (C=O) groups is 2. The Morgan fingerprint density at radius 3 is 2.56 bits per heavy atom. The van der Waals surface area contributed by atoms with Gasteiger partial charge in [0.05, 0.1) is 23.1 Å². The Balaban J connectivity index is 1.97. The van der Waals surface area contributed by atoms with Gasteiger partial charge in [-0.05, 0) is 61.8 Å². The van der Waals surface area contributed by atoms with E-state index < -0.39 is 11.6 Å². The first-order valence-corrected chi connectivity index (χ1v) is 11.3. The second kappa shape index (κ2) is 9.96. The van der Waals surface area contributed by atoms with Gasteiger partial charge >= 0.3 is 11.9 Å². The van der Waals surface area contributed by atoms with Crippen LogP contribution in [0.3, 0.4) is 0 Å². The van der Waals surface area contributed by atoms with E-state index >= 15 is 0 Å². The first kappa shape index (κ1) is 24.1. The second-order valence-electron chi connectivity index (χ2n) is 8.05. The van der Waals surface area contributed by atoms with E-state index in [0.717, 1.165) is 0 Å². The molecule has 0 saturated heterocycles. The van der Waals surface area contributed by atoms with Gasteiger partial charge in [-0.15, -0.1) is 0 Å². The number of esters is 2. The molecule has 0 fully saturated rings. The van der Waals surface area contributed by atoms with Crippen LogP contribution in [0.1, 0.15) is 49.4 Å². The van der Waals surface area contributed by atoms with Gasteiger partial charge in [-0.1, -0.05) is 29.8 Å². The van der Waals surface area contributed by atoms with Crippen LogP contribution >= 0.6 is 27.5 Å². The number of halogens is 2. The average Bonchev–Trinajstić information content (AvgIpc) is 3.05. The van der Waals surface area contributed by atoms with Crippen molar-refractivity contribution in [2.45, 2.75) is 46.3 Å². The number of fused-ring (bicyclic) bond motifs is 1. The van der Waals surface area contributed by atoms with Crippen LogP contribution in [0.2, 0.25) is 5.02 Å². The molecule has 1 aromatic heterocycles. The summed E-state index contributed by atoms with van der Waals surface area (Å²) in [5, 5.41) is 1.11. The van der Waals surface area contributed by atoms with Crippen LogP contribution in [0.4, 0.5) is 0 Å². The monoisotopic (exact) mass is 522 g/mol. The normalized spacial score (nSPS) is 11.4. The third-order valence-electron chi connectivity index (χ3n) is 4.38. The first-order chi connectivity index (χ1) is 15.1. The number of rotatable bonds is 7. The first-order valence-electron chi connectivity index (χ1n) is 10.1. The molecule has 0 aliphatic heterocycles. The van der Waals surface area contributed by atoms with Crippen LogP contribution < -0.4 is 4.74 Å². The number of hydrogen-bond acceptors (Lipinski definition) is 6. The number of benzene rings is 2. The Hall–Kier alpha value is -2.51. The third-order valence-corrected chi connectivity index (χ3v) is 5.19. The molecule has 6 nitrogen and oxygen atoms in total. The SMILES string of the molecule is CCOC(=O)Cc1ccccc1OCc1c(C(=O)OC(C)(C)C)oc2c(Br)cc(Cl)cc12. The van der Waals surface area contributed by atoms with Gasteiger partial charge in [0.15, 0.2) is 0 Å². The molecule has 170 valence electrons. The van der Waals surface area contributed by atoms with Crippen molar-refractivity contribution in [2.75, 3.05) is 6.61 Å². The maximum Gasteiger partial charge on any atom is 0.375 e. The van der Waals surface area contributed by atoms with E-state index in [1.54, 1.807) is 58.0 Å². The molecular formula is C24H24BrClO6. The summed E-state index contributed by atoms with van der Waals surface area (Å²) >= 11 is 9.67. The quantitative estimate of drug-likeness (QED) is 0.330. The lowest BCUT2D eigenvalue weighted by Gasteiger charge is -2.19. The minimum Gasteiger partial charge on any atom is -0.488 e. The van der Waals surface area contributed by atoms with E-state index in [1.807, 2.05) is 6.07 Å². The van der Waals surface area contributed by atoms with E-state index in [4.69, 9.17) is 30.2 Å². The summed E-state index contributed by atoms with van der Waals surface area (Å²) in [4.78, 5) is 24.8. The minimum atomic E-state index is -0.699. The van der Waals surface area contributed by atoms with Crippen molar-refractivity contribution in [1.29, 1.82) is 0 Å². The highest BCUT2D eigenvalue weighted by molar-refractivity contribution is 9.10. The molecule has 0 bridgehead atoms. The Labute approximate surface area is 199 Å². The minimum absolute atomic E-state index is 0.00813. The van der Waals surface area contributed by atoms with Crippen molar-refractivity contribution in [2.24, 2.45) is 0 Å². The molecule has 0 spiro atoms. The molecule has 8 heteroatoms. The maximum atomic E-state index is 12.9. The topological polar surface area (TPSA) is 75.0 Å². The Morgan fingerprint density at radius 2 is 1.88 bits per heavy atom. The number of para-hydroxylation sites is 1. The highest BCUT2D eigenvalue weighted by Crippen LogP contribution is 2.36. The number of furan rings is 1. The summed E-state index contributed by atoms with van der Waals surface area (Å²) in [6, 6.07) is 10.6. The van der Waals surface area contributed by atoms with Gasteiger partial charge in [0.1, 0.15) is 23.5 Å². The molecule has 0 saturated carbocycles. The molecular weight excluding hydrogens is 500 g/mol. The predicted octanol–water partition coefficient (Wildman–Crippen LogP) is 6.49. The zero-order valence-corrected chi connectivity index (χ0v) is 20.6. The summed E-state index contributed by atoms with van der Waals surface area (Å²) in [5.74, 6) is -0.399. The zero-order valence-electron chi connectivity index (χ0n) is 18.3. The van der Waals surface area contributed by atoms with Gasteiger partial charge < -0.3 is 18.6 Å². The average molecular weight is 524 g/mol. The maximum absolute atomic E-state index is 12.9. The molecule has 0 aliphatic carbocycles. The largest absolute Gasteiger partial charge is 0.488 e. The predicted molar refractivity (Wildman–Crippen MR) is 125 cm³/mol. The summed E-state index contributed by atoms with van der Waals surface area (Å²) in [7, 11) is 0. The second-order valence-corrected chi connectivity index (χ2v) is 9.34. The number of carbonyl (C=O) groups excluding carboxylic acids is 2. The Kier molecular flexibility index (Phi) is 7.51. The van der Waals surface area contributed by atoms with Crippen LogP contribution in [0.25, 0.3) is 11.0 Å². The number of hydrogen-bond donors (Lipinski definition) is 0. The molecule has 32 heavy (non-hydrogen) atoms. The van der Waals surface area contributed by atoms with Gasteiger partial charge in [0.25, 0.3) is 0 Å². The molecule has 0 unspecified atom stereocenters. The summed E-state index contributed by atoms with van der Waals surface area (Å²) in [6.45, 7) is 7.41. The zero-order chi connectivity index (χ0) is 23.5. The van der Waals surface area contributed by atoms with E-state index in [-0.39, 0.29) is 24.8 Å². The summed E-state index contributed by atoms with van der Waals surface area (Å²) in [6.07, 6.45) is 0.0758. The summed E-state index contributed by atoms with van der Waals surface area (Å²) in [5.41, 5.74) is 0.948. The highest BCUT2D eigenvalue weighted by Gasteiger charge is 2.27. The third kappa shape index (κ3) is 5.84. The fourth-order valence-corrected chi connectivity index (χ4v) is 4.01. The van der Waals surface area contributed by atoms with Crippen LogP contribution in [0.5, 0.6) is 5.75 Å². The van der Waals surface area contributed by atoms with Gasteiger partial charge in [-0.3, -0.25) is 4.79 Å². The van der Waals surface area contributed by atoms with E-state index in [2.05, 4.69) is 15.9 Å². The summed E-state index contributed by atoms with van der Waals surface area (Å²) < 4.78 is 23.1. The fourth-order valence-electron chi connectivity index (χ4n) is 3.11. The standard InChI is InChI=1S/C24H24BrClO6/c1-5-29-20(27)10-14-8-6-7-9-19(14)30-13-17-16-11-15(26)12-18(25)21(16)31-22(17)23(28)32-24(2,3)4/h6-9,11-12H,5,10,13H2,1-4H3. The molecule has 0 radical (unpaired) electrons. The van der Waals surface area contributed by atoms with Crippen molar-refractivity contribution < 1.29 is 28.2 Å². The Morgan fingerprint density at radius 1 is 1.16 bits per heavy atom. The molecule has 1 heterocycles. The number of ether oxygens (including phenoxy) is 3. The van der Waals surface area contributed by atoms with E-state index in [9.17, 15) is 9.59 Å². The molecule has 0 aliphatic rings. The Bertz CT molecular complexity index is 1150. The lowest BCUT2D eigenvalue weighted by Crippen LogP contribution is -2.24. The van der Waals surface area contributed by atoms with Crippen LogP contribution in [-0.2, 0) is 27.3 Å². The van der Waals surface area contributed by atoms with Crippen LogP contribution in [0, 0.1) is 0 Å². The van der Waals surface area contributed by atoms with Gasteiger partial charge in [-0.25, -0.2) is 4.79 Å². The molecule has 3 rings (SSSR count). The van der Waals surface area contributed by atoms with Crippen LogP contribution in [0.15, 0.2) is 45.3 Å². The molecule has 2 aromatic carbocycles. The fraction of sp³-hybridized carbons (Fsp3) is 0.333. The van der Waals surface area contributed by atoms with Gasteiger partial charge in [0.2, 0.25) is 5.76 Å². The van der Waals surface area contributed by atoms with Crippen molar-refractivity contribution in [1.82, 2.24) is 0 Å². The molecule has 0 amide bonds. The van der Waals surface area contributed by atoms with Crippen molar-refractivity contribution in [3.8, 4) is 5.75 Å². The van der Waals surface area contributed by atoms with Crippen molar-refractivity contribution in [3.63, 3.8) is 0 Å². The lowest BCUT2D eigenvalue weighted by molar-refractivity contribution is -0.142. The van der Waals surface area contributed by atoms with Crippen LogP contribution in [-0.4, -0.2) is 24.1 Å². The molecule has 3 aromatic rings. The lowest BCUT2D eigenvalue weighted by atomic mass is 10.1. The van der Waals surface area contributed by atoms with E-state index in [0.29, 0.717) is 43.9 Å². The van der Waals surface area contributed by atoms with E-state index in [1.165, 1.54) is 0 Å². The van der Waals surface area contributed by atoms with Crippen molar-refractivity contribution >= 4 is 50.4 Å². The van der Waals surface area contributed by atoms with Crippen molar-refractivity contribution in [3.05, 3.63) is 62.8 Å². The van der Waals surface area contributed by atoms with Gasteiger partial charge in [-0.2, -0.15) is 0 Å². The molecule has 0 atom stereocenters. The molecule has 0 N–H and O–H groups in total. The highest BCUT2D eigenvalue weighted by atomic mass is 79.9. The smallest absolute Gasteiger partial charge is 0.375 e.